The number of aryl methyl sites for hydroxylation is 4. The number of carbonyl (C=O) groups is 1. The van der Waals surface area contributed by atoms with E-state index < -0.39 is 0 Å². The lowest BCUT2D eigenvalue weighted by atomic mass is 10.1. The highest BCUT2D eigenvalue weighted by Gasteiger charge is 2.09. The largest absolute Gasteiger partial charge is 0.492 e. The highest BCUT2D eigenvalue weighted by Crippen LogP contribution is 2.16. The number of likely N-dealkylation sites (N-methyl/N-ethyl adjacent to an activating group) is 1. The molecule has 0 aliphatic heterocycles. The first kappa shape index (κ1) is 18.8. The number of benzene rings is 1. The lowest BCUT2D eigenvalue weighted by molar-refractivity contribution is -0.125. The molecule has 2 rings (SSSR count). The zero-order valence-electron chi connectivity index (χ0n) is 16.0. The molecule has 5 nitrogen and oxygen atoms in total. The summed E-state index contributed by atoms with van der Waals surface area (Å²) in [6, 6.07) is 6.11. The second kappa shape index (κ2) is 8.01. The monoisotopic (exact) mass is 341 g/mol. The second-order valence-electron chi connectivity index (χ2n) is 6.47. The average molecular weight is 341 g/mol. The molecule has 134 valence electrons. The van der Waals surface area contributed by atoms with Crippen molar-refractivity contribution in [3.63, 3.8) is 0 Å². The lowest BCUT2D eigenvalue weighted by Crippen LogP contribution is -2.29. The standard InChI is InChI=1S/C20H27N3O2/c1-14-11-15(2)13-18(12-14)25-10-9-22(5)20(24)8-7-19-16(3)21-23(6)17(19)4/h7-8,11-13H,9-10H2,1-6H3/b8-7+. The molecular weight excluding hydrogens is 314 g/mol. The van der Waals surface area contributed by atoms with Crippen molar-refractivity contribution in [1.82, 2.24) is 14.7 Å². The summed E-state index contributed by atoms with van der Waals surface area (Å²) in [6.45, 7) is 9.01. The van der Waals surface area contributed by atoms with Crippen LogP contribution in [-0.2, 0) is 11.8 Å². The van der Waals surface area contributed by atoms with Gasteiger partial charge in [0.25, 0.3) is 0 Å². The summed E-state index contributed by atoms with van der Waals surface area (Å²) in [6.07, 6.45) is 3.43. The molecule has 0 spiro atoms. The van der Waals surface area contributed by atoms with Gasteiger partial charge in [0.15, 0.2) is 0 Å². The number of nitrogens with zero attached hydrogens (tertiary/aromatic N) is 3. The fourth-order valence-electron chi connectivity index (χ4n) is 2.74. The Balaban J connectivity index is 1.88. The van der Waals surface area contributed by atoms with Crippen molar-refractivity contribution < 1.29 is 9.53 Å². The number of amides is 1. The molecule has 2 aromatic rings. The maximum absolute atomic E-state index is 12.3. The Morgan fingerprint density at radius 1 is 1.20 bits per heavy atom. The van der Waals surface area contributed by atoms with Crippen LogP contribution in [0.1, 0.15) is 28.1 Å². The minimum atomic E-state index is -0.0494. The molecule has 5 heteroatoms. The number of hydrogen-bond donors (Lipinski definition) is 0. The summed E-state index contributed by atoms with van der Waals surface area (Å²) >= 11 is 0. The minimum Gasteiger partial charge on any atom is -0.492 e. The van der Waals surface area contributed by atoms with E-state index in [1.165, 1.54) is 11.1 Å². The molecular formula is C20H27N3O2. The molecule has 1 amide bonds. The van der Waals surface area contributed by atoms with Crippen LogP contribution in [0.25, 0.3) is 6.08 Å². The maximum Gasteiger partial charge on any atom is 0.246 e. The lowest BCUT2D eigenvalue weighted by Gasteiger charge is -2.16. The molecule has 1 aromatic carbocycles. The van der Waals surface area contributed by atoms with E-state index in [1.807, 2.05) is 57.6 Å². The molecule has 0 atom stereocenters. The molecule has 0 aliphatic carbocycles. The summed E-state index contributed by atoms with van der Waals surface area (Å²) in [7, 11) is 3.68. The zero-order chi connectivity index (χ0) is 18.6. The van der Waals surface area contributed by atoms with Crippen molar-refractivity contribution in [3.8, 4) is 5.75 Å². The van der Waals surface area contributed by atoms with Crippen LogP contribution in [0.4, 0.5) is 0 Å². The van der Waals surface area contributed by atoms with Gasteiger partial charge >= 0.3 is 0 Å². The van der Waals surface area contributed by atoms with E-state index in [4.69, 9.17) is 4.74 Å². The predicted molar refractivity (Wildman–Crippen MR) is 101 cm³/mol. The van der Waals surface area contributed by atoms with Gasteiger partial charge in [-0.15, -0.1) is 0 Å². The quantitative estimate of drug-likeness (QED) is 0.758. The summed E-state index contributed by atoms with van der Waals surface area (Å²) in [5.74, 6) is 0.794. The van der Waals surface area contributed by atoms with Gasteiger partial charge in [-0.2, -0.15) is 5.10 Å². The van der Waals surface area contributed by atoms with Gasteiger partial charge in [-0.3, -0.25) is 9.48 Å². The van der Waals surface area contributed by atoms with Crippen LogP contribution in [0.5, 0.6) is 5.75 Å². The summed E-state index contributed by atoms with van der Waals surface area (Å²) in [5, 5.41) is 4.35. The van der Waals surface area contributed by atoms with Gasteiger partial charge in [0, 0.05) is 31.4 Å². The molecule has 1 heterocycles. The van der Waals surface area contributed by atoms with Crippen molar-refractivity contribution in [2.24, 2.45) is 7.05 Å². The fourth-order valence-corrected chi connectivity index (χ4v) is 2.74. The summed E-state index contributed by atoms with van der Waals surface area (Å²) in [5.41, 5.74) is 5.30. The Morgan fingerprint density at radius 2 is 1.84 bits per heavy atom. The van der Waals surface area contributed by atoms with Crippen LogP contribution in [0.2, 0.25) is 0 Å². The zero-order valence-corrected chi connectivity index (χ0v) is 16.0. The van der Waals surface area contributed by atoms with Crippen LogP contribution in [0.15, 0.2) is 24.3 Å². The molecule has 0 saturated carbocycles. The van der Waals surface area contributed by atoms with Crippen molar-refractivity contribution in [2.45, 2.75) is 27.7 Å². The molecule has 0 radical (unpaired) electrons. The molecule has 0 bridgehead atoms. The summed E-state index contributed by atoms with van der Waals surface area (Å²) in [4.78, 5) is 13.9. The van der Waals surface area contributed by atoms with Gasteiger partial charge in [-0.05, 0) is 57.0 Å². The molecule has 0 fully saturated rings. The van der Waals surface area contributed by atoms with Gasteiger partial charge in [0.05, 0.1) is 12.2 Å². The van der Waals surface area contributed by atoms with E-state index in [0.717, 1.165) is 22.7 Å². The fraction of sp³-hybridized carbons (Fsp3) is 0.400. The molecule has 0 unspecified atom stereocenters. The first-order valence-corrected chi connectivity index (χ1v) is 8.42. The molecule has 0 aliphatic rings. The Bertz CT molecular complexity index is 770. The van der Waals surface area contributed by atoms with E-state index in [1.54, 1.807) is 18.0 Å². The van der Waals surface area contributed by atoms with Gasteiger partial charge in [-0.25, -0.2) is 0 Å². The van der Waals surface area contributed by atoms with Crippen molar-refractivity contribution >= 4 is 12.0 Å². The third kappa shape index (κ3) is 4.95. The van der Waals surface area contributed by atoms with Gasteiger partial charge in [-0.1, -0.05) is 6.07 Å². The highest BCUT2D eigenvalue weighted by atomic mass is 16.5. The van der Waals surface area contributed by atoms with Crippen LogP contribution in [0.3, 0.4) is 0 Å². The Labute approximate surface area is 149 Å². The third-order valence-corrected chi connectivity index (χ3v) is 4.22. The molecule has 1 aromatic heterocycles. The van der Waals surface area contributed by atoms with E-state index in [0.29, 0.717) is 13.2 Å². The van der Waals surface area contributed by atoms with Crippen molar-refractivity contribution in [2.75, 3.05) is 20.2 Å². The Morgan fingerprint density at radius 3 is 2.40 bits per heavy atom. The van der Waals surface area contributed by atoms with E-state index >= 15 is 0 Å². The van der Waals surface area contributed by atoms with E-state index in [-0.39, 0.29) is 5.91 Å². The van der Waals surface area contributed by atoms with Gasteiger partial charge in [0.2, 0.25) is 5.91 Å². The van der Waals surface area contributed by atoms with Gasteiger partial charge in [0.1, 0.15) is 12.4 Å². The minimum absolute atomic E-state index is 0.0494. The van der Waals surface area contributed by atoms with Crippen molar-refractivity contribution in [1.29, 1.82) is 0 Å². The highest BCUT2D eigenvalue weighted by molar-refractivity contribution is 5.91. The molecule has 0 saturated heterocycles. The average Bonchev–Trinajstić information content (AvgIpc) is 2.76. The van der Waals surface area contributed by atoms with Crippen molar-refractivity contribution in [3.05, 3.63) is 52.4 Å². The molecule has 0 N–H and O–H groups in total. The van der Waals surface area contributed by atoms with Crippen LogP contribution in [0, 0.1) is 27.7 Å². The maximum atomic E-state index is 12.3. The van der Waals surface area contributed by atoms with E-state index in [9.17, 15) is 4.79 Å². The van der Waals surface area contributed by atoms with Crippen LogP contribution >= 0.6 is 0 Å². The Hall–Kier alpha value is -2.56. The molecule has 25 heavy (non-hydrogen) atoms. The van der Waals surface area contributed by atoms with Crippen LogP contribution in [-0.4, -0.2) is 40.8 Å². The number of rotatable bonds is 6. The number of aromatic nitrogens is 2. The first-order chi connectivity index (χ1) is 11.8. The number of hydrogen-bond acceptors (Lipinski definition) is 3. The van der Waals surface area contributed by atoms with E-state index in [2.05, 4.69) is 11.2 Å². The Kier molecular flexibility index (Phi) is 6.02. The van der Waals surface area contributed by atoms with Crippen LogP contribution < -0.4 is 4.74 Å². The number of carbonyl (C=O) groups excluding carboxylic acids is 1. The third-order valence-electron chi connectivity index (χ3n) is 4.22. The SMILES string of the molecule is Cc1cc(C)cc(OCCN(C)C(=O)/C=C/c2c(C)nn(C)c2C)c1. The smallest absolute Gasteiger partial charge is 0.246 e. The topological polar surface area (TPSA) is 47.4 Å². The first-order valence-electron chi connectivity index (χ1n) is 8.42. The number of ether oxygens (including phenoxy) is 1. The predicted octanol–water partition coefficient (Wildman–Crippen LogP) is 3.20. The van der Waals surface area contributed by atoms with Gasteiger partial charge < -0.3 is 9.64 Å². The normalized spacial score (nSPS) is 11.1. The summed E-state index contributed by atoms with van der Waals surface area (Å²) < 4.78 is 7.58. The second-order valence-corrected chi connectivity index (χ2v) is 6.47.